The number of hydrogen-bond acceptors (Lipinski definition) is 2. The van der Waals surface area contributed by atoms with E-state index >= 15 is 0 Å². The van der Waals surface area contributed by atoms with Crippen molar-refractivity contribution < 1.29 is 0 Å². The molecule has 0 aromatic carbocycles. The van der Waals surface area contributed by atoms with Crippen LogP contribution < -0.4 is 0 Å². The van der Waals surface area contributed by atoms with Crippen molar-refractivity contribution in [2.75, 3.05) is 0 Å². The molecule has 3 aromatic heterocycles. The van der Waals surface area contributed by atoms with Gasteiger partial charge in [0.25, 0.3) is 0 Å². The van der Waals surface area contributed by atoms with Crippen LogP contribution in [0.15, 0.2) is 49.2 Å². The molecule has 3 aromatic rings. The second-order valence-corrected chi connectivity index (χ2v) is 5.35. The first-order valence-electron chi connectivity index (χ1n) is 7.70. The van der Waals surface area contributed by atoms with Crippen molar-refractivity contribution in [2.24, 2.45) is 0 Å². The molecule has 0 spiro atoms. The van der Waals surface area contributed by atoms with Gasteiger partial charge in [0.2, 0.25) is 0 Å². The van der Waals surface area contributed by atoms with Crippen molar-refractivity contribution >= 4 is 16.7 Å². The van der Waals surface area contributed by atoms with Gasteiger partial charge in [-0.3, -0.25) is 0 Å². The molecule has 0 aliphatic heterocycles. The van der Waals surface area contributed by atoms with E-state index in [1.807, 2.05) is 41.6 Å². The largest absolute Gasteiger partial charge is 0.346 e. The van der Waals surface area contributed by atoms with Crippen molar-refractivity contribution in [3.8, 4) is 11.1 Å². The Balaban J connectivity index is 1.90. The maximum atomic E-state index is 4.48. The Labute approximate surface area is 130 Å². The first-order valence-corrected chi connectivity index (χ1v) is 7.70. The first kappa shape index (κ1) is 14.4. The molecule has 0 radical (unpaired) electrons. The third-order valence-corrected chi connectivity index (χ3v) is 3.85. The van der Waals surface area contributed by atoms with Crippen LogP contribution in [-0.2, 0) is 0 Å². The van der Waals surface area contributed by atoms with Gasteiger partial charge in [0.15, 0.2) is 0 Å². The van der Waals surface area contributed by atoms with Gasteiger partial charge in [0.05, 0.1) is 11.9 Å². The fraction of sp³-hybridized carbons (Fsp3) is 0.278. The molecule has 0 amide bonds. The number of allylic oxidation sites excluding steroid dienone is 1. The highest BCUT2D eigenvalue weighted by Gasteiger charge is 2.09. The van der Waals surface area contributed by atoms with E-state index in [0.29, 0.717) is 0 Å². The molecular formula is C18H20N4. The van der Waals surface area contributed by atoms with Gasteiger partial charge in [-0.25, -0.2) is 9.67 Å². The van der Waals surface area contributed by atoms with Crippen LogP contribution in [0.25, 0.3) is 27.9 Å². The Morgan fingerprint density at radius 2 is 2.27 bits per heavy atom. The smallest absolute Gasteiger partial charge is 0.137 e. The number of nitrogens with zero attached hydrogens (tertiary/aromatic N) is 3. The molecule has 0 aliphatic carbocycles. The molecule has 0 saturated carbocycles. The number of unbranched alkanes of at least 4 members (excludes halogenated alkanes) is 2. The van der Waals surface area contributed by atoms with E-state index in [-0.39, 0.29) is 0 Å². The summed E-state index contributed by atoms with van der Waals surface area (Å²) in [7, 11) is 0. The molecule has 3 heterocycles. The average molecular weight is 292 g/mol. The predicted octanol–water partition coefficient (Wildman–Crippen LogP) is 4.63. The fourth-order valence-corrected chi connectivity index (χ4v) is 2.65. The van der Waals surface area contributed by atoms with Gasteiger partial charge in [-0.15, -0.1) is 5.73 Å². The second-order valence-electron chi connectivity index (χ2n) is 5.35. The normalized spacial score (nSPS) is 10.8. The van der Waals surface area contributed by atoms with E-state index in [1.54, 1.807) is 0 Å². The molecule has 4 heteroatoms. The zero-order chi connectivity index (χ0) is 15.4. The highest BCUT2D eigenvalue weighted by atomic mass is 15.3. The number of H-pyrrole nitrogens is 1. The van der Waals surface area contributed by atoms with E-state index in [4.69, 9.17) is 0 Å². The van der Waals surface area contributed by atoms with Gasteiger partial charge in [0.1, 0.15) is 5.65 Å². The number of pyridine rings is 1. The number of fused-ring (bicyclic) bond motifs is 1. The van der Waals surface area contributed by atoms with E-state index < -0.39 is 0 Å². The van der Waals surface area contributed by atoms with Crippen molar-refractivity contribution in [1.29, 1.82) is 0 Å². The van der Waals surface area contributed by atoms with Crippen molar-refractivity contribution in [3.63, 3.8) is 0 Å². The topological polar surface area (TPSA) is 46.5 Å². The van der Waals surface area contributed by atoms with E-state index in [1.165, 1.54) is 12.8 Å². The summed E-state index contributed by atoms with van der Waals surface area (Å²) in [5.74, 6) is 0. The summed E-state index contributed by atoms with van der Waals surface area (Å²) in [5.41, 5.74) is 7.16. The van der Waals surface area contributed by atoms with Gasteiger partial charge in [-0.2, -0.15) is 5.10 Å². The Morgan fingerprint density at radius 1 is 1.36 bits per heavy atom. The summed E-state index contributed by atoms with van der Waals surface area (Å²) in [5, 5.41) is 5.59. The molecule has 22 heavy (non-hydrogen) atoms. The molecule has 0 fully saturated rings. The molecule has 3 rings (SSSR count). The SMILES string of the molecule is C=C=C(CCCCC)n1cc(-c2ccnc3[nH]ccc23)cn1. The number of hydrogen-bond donors (Lipinski definition) is 1. The zero-order valence-electron chi connectivity index (χ0n) is 12.8. The lowest BCUT2D eigenvalue weighted by molar-refractivity contribution is 0.711. The van der Waals surface area contributed by atoms with Crippen LogP contribution >= 0.6 is 0 Å². The van der Waals surface area contributed by atoms with Gasteiger partial charge >= 0.3 is 0 Å². The van der Waals surface area contributed by atoms with Crippen LogP contribution in [0, 0.1) is 0 Å². The molecule has 0 unspecified atom stereocenters. The fourth-order valence-electron chi connectivity index (χ4n) is 2.65. The Kier molecular flexibility index (Phi) is 4.22. The highest BCUT2D eigenvalue weighted by molar-refractivity contribution is 5.92. The molecule has 0 aliphatic rings. The van der Waals surface area contributed by atoms with Gasteiger partial charge < -0.3 is 4.98 Å². The standard InChI is InChI=1S/C18H20N4/c1-3-5-6-7-15(4-2)22-13-14(12-21-22)16-8-10-19-18-17(16)9-11-20-18/h8-13H,2-3,5-7H2,1H3,(H,19,20). The van der Waals surface area contributed by atoms with Gasteiger partial charge in [0, 0.05) is 29.5 Å². The second kappa shape index (κ2) is 6.46. The average Bonchev–Trinajstić information content (AvgIpc) is 3.20. The molecule has 0 atom stereocenters. The Morgan fingerprint density at radius 3 is 3.09 bits per heavy atom. The Hall–Kier alpha value is -2.58. The van der Waals surface area contributed by atoms with E-state index in [0.717, 1.165) is 40.7 Å². The number of nitrogens with one attached hydrogen (secondary N) is 1. The molecule has 0 bridgehead atoms. The minimum absolute atomic E-state index is 0.896. The van der Waals surface area contributed by atoms with E-state index in [2.05, 4.69) is 34.3 Å². The van der Waals surface area contributed by atoms with E-state index in [9.17, 15) is 0 Å². The monoisotopic (exact) mass is 292 g/mol. The van der Waals surface area contributed by atoms with Gasteiger partial charge in [-0.1, -0.05) is 26.3 Å². The summed E-state index contributed by atoms with van der Waals surface area (Å²) in [4.78, 5) is 7.46. The minimum atomic E-state index is 0.896. The van der Waals surface area contributed by atoms with Crippen LogP contribution in [0.3, 0.4) is 0 Å². The number of aromatic nitrogens is 4. The molecule has 112 valence electrons. The number of rotatable bonds is 6. The van der Waals surface area contributed by atoms with Crippen LogP contribution in [0.1, 0.15) is 32.6 Å². The van der Waals surface area contributed by atoms with Crippen molar-refractivity contribution in [3.05, 3.63) is 49.2 Å². The third-order valence-electron chi connectivity index (χ3n) is 3.85. The lowest BCUT2D eigenvalue weighted by Gasteiger charge is -2.04. The minimum Gasteiger partial charge on any atom is -0.346 e. The summed E-state index contributed by atoms with van der Waals surface area (Å²) >= 11 is 0. The maximum absolute atomic E-state index is 4.48. The lowest BCUT2D eigenvalue weighted by Crippen LogP contribution is -1.96. The van der Waals surface area contributed by atoms with Crippen molar-refractivity contribution in [2.45, 2.75) is 32.6 Å². The lowest BCUT2D eigenvalue weighted by atomic mass is 10.1. The van der Waals surface area contributed by atoms with Crippen LogP contribution in [-0.4, -0.2) is 19.7 Å². The molecule has 1 N–H and O–H groups in total. The molecular weight excluding hydrogens is 272 g/mol. The predicted molar refractivity (Wildman–Crippen MR) is 90.3 cm³/mol. The molecule has 4 nitrogen and oxygen atoms in total. The summed E-state index contributed by atoms with van der Waals surface area (Å²) in [6, 6.07) is 4.06. The summed E-state index contributed by atoms with van der Waals surface area (Å²) in [6.45, 7) is 6.01. The number of aromatic amines is 1. The summed E-state index contributed by atoms with van der Waals surface area (Å²) < 4.78 is 1.89. The van der Waals surface area contributed by atoms with Crippen LogP contribution in [0.5, 0.6) is 0 Å². The third kappa shape index (κ3) is 2.74. The maximum Gasteiger partial charge on any atom is 0.137 e. The zero-order valence-corrected chi connectivity index (χ0v) is 12.8. The highest BCUT2D eigenvalue weighted by Crippen LogP contribution is 2.27. The van der Waals surface area contributed by atoms with Gasteiger partial charge in [-0.05, 0) is 30.5 Å². The van der Waals surface area contributed by atoms with Crippen molar-refractivity contribution in [1.82, 2.24) is 19.7 Å². The quantitative estimate of drug-likeness (QED) is 0.531. The van der Waals surface area contributed by atoms with Crippen LogP contribution in [0.2, 0.25) is 0 Å². The molecule has 0 saturated heterocycles. The summed E-state index contributed by atoms with van der Waals surface area (Å²) in [6.07, 6.45) is 12.2. The first-order chi connectivity index (χ1) is 10.8. The van der Waals surface area contributed by atoms with Crippen LogP contribution in [0.4, 0.5) is 0 Å². The Bertz CT molecular complexity index is 818.